The molecule has 0 atom stereocenters. The number of rotatable bonds is 7. The van der Waals surface area contributed by atoms with Gasteiger partial charge < -0.3 is 15.4 Å². The summed E-state index contributed by atoms with van der Waals surface area (Å²) in [6.45, 7) is 2.63. The highest BCUT2D eigenvalue weighted by Gasteiger charge is 2.06. The van der Waals surface area contributed by atoms with Crippen LogP contribution in [0.25, 0.3) is 0 Å². The van der Waals surface area contributed by atoms with E-state index in [1.165, 1.54) is 18.5 Å². The minimum absolute atomic E-state index is 0.263. The van der Waals surface area contributed by atoms with E-state index in [1.54, 1.807) is 49.4 Å². The molecule has 2 N–H and O–H groups in total. The van der Waals surface area contributed by atoms with Crippen LogP contribution in [-0.4, -0.2) is 22.5 Å². The Morgan fingerprint density at radius 2 is 1.74 bits per heavy atom. The number of aromatic nitrogens is 2. The maximum Gasteiger partial charge on any atom is 0.338 e. The summed E-state index contributed by atoms with van der Waals surface area (Å²) in [7, 11) is 0. The molecule has 0 aliphatic heterocycles. The minimum Gasteiger partial charge on any atom is -0.462 e. The molecule has 6 nitrogen and oxygen atoms in total. The SMILES string of the molecule is CCOC(=O)c1ccc(Nc2cc(NCc3ccc(F)cc3)ncn2)cc1. The van der Waals surface area contributed by atoms with Gasteiger partial charge in [0.15, 0.2) is 0 Å². The van der Waals surface area contributed by atoms with Crippen LogP contribution in [0.15, 0.2) is 60.9 Å². The molecule has 0 aliphatic rings. The second-order valence-corrected chi connectivity index (χ2v) is 5.69. The van der Waals surface area contributed by atoms with Gasteiger partial charge in [-0.15, -0.1) is 0 Å². The molecule has 0 amide bonds. The topological polar surface area (TPSA) is 76.1 Å². The quantitative estimate of drug-likeness (QED) is 0.612. The molecule has 2 aromatic carbocycles. The zero-order valence-corrected chi connectivity index (χ0v) is 14.8. The second-order valence-electron chi connectivity index (χ2n) is 5.69. The molecule has 0 aliphatic carbocycles. The number of ether oxygens (including phenoxy) is 1. The summed E-state index contributed by atoms with van der Waals surface area (Å²) in [5, 5.41) is 6.33. The predicted octanol–water partition coefficient (Wildman–Crippen LogP) is 4.15. The van der Waals surface area contributed by atoms with Crippen LogP contribution in [0.3, 0.4) is 0 Å². The highest BCUT2D eigenvalue weighted by molar-refractivity contribution is 5.89. The molecule has 7 heteroatoms. The molecule has 0 radical (unpaired) electrons. The lowest BCUT2D eigenvalue weighted by molar-refractivity contribution is 0.0526. The number of anilines is 3. The average molecular weight is 366 g/mol. The van der Waals surface area contributed by atoms with Gasteiger partial charge in [-0.05, 0) is 48.9 Å². The monoisotopic (exact) mass is 366 g/mol. The first-order chi connectivity index (χ1) is 13.1. The number of halogens is 1. The van der Waals surface area contributed by atoms with Crippen LogP contribution in [0, 0.1) is 5.82 Å². The number of hydrogen-bond donors (Lipinski definition) is 2. The molecule has 0 bridgehead atoms. The number of hydrogen-bond acceptors (Lipinski definition) is 6. The first-order valence-electron chi connectivity index (χ1n) is 8.48. The Hall–Kier alpha value is -3.48. The molecular formula is C20H19FN4O2. The van der Waals surface area contributed by atoms with Gasteiger partial charge in [-0.2, -0.15) is 0 Å². The molecule has 3 rings (SSSR count). The van der Waals surface area contributed by atoms with Crippen molar-refractivity contribution in [2.45, 2.75) is 13.5 Å². The van der Waals surface area contributed by atoms with Gasteiger partial charge in [0.2, 0.25) is 0 Å². The molecular weight excluding hydrogens is 347 g/mol. The van der Waals surface area contributed by atoms with Crippen LogP contribution in [0.5, 0.6) is 0 Å². The predicted molar refractivity (Wildman–Crippen MR) is 101 cm³/mol. The summed E-state index contributed by atoms with van der Waals surface area (Å²) in [6, 6.07) is 15.0. The van der Waals surface area contributed by atoms with Crippen LogP contribution < -0.4 is 10.6 Å². The number of nitrogens with zero attached hydrogens (tertiary/aromatic N) is 2. The van der Waals surface area contributed by atoms with E-state index >= 15 is 0 Å². The normalized spacial score (nSPS) is 10.3. The fourth-order valence-electron chi connectivity index (χ4n) is 2.37. The molecule has 1 aromatic heterocycles. The summed E-state index contributed by atoms with van der Waals surface area (Å²) >= 11 is 0. The molecule has 138 valence electrons. The summed E-state index contributed by atoms with van der Waals surface area (Å²) in [5.41, 5.74) is 2.22. The Morgan fingerprint density at radius 3 is 2.44 bits per heavy atom. The highest BCUT2D eigenvalue weighted by atomic mass is 19.1. The Kier molecular flexibility index (Phi) is 5.94. The van der Waals surface area contributed by atoms with Crippen LogP contribution in [-0.2, 0) is 11.3 Å². The lowest BCUT2D eigenvalue weighted by atomic mass is 10.2. The highest BCUT2D eigenvalue weighted by Crippen LogP contribution is 2.18. The fraction of sp³-hybridized carbons (Fsp3) is 0.150. The van der Waals surface area contributed by atoms with Crippen molar-refractivity contribution in [3.05, 3.63) is 77.9 Å². The van der Waals surface area contributed by atoms with Crippen molar-refractivity contribution in [1.82, 2.24) is 9.97 Å². The van der Waals surface area contributed by atoms with Crippen molar-refractivity contribution < 1.29 is 13.9 Å². The zero-order valence-electron chi connectivity index (χ0n) is 14.8. The van der Waals surface area contributed by atoms with Gasteiger partial charge in [0.1, 0.15) is 23.8 Å². The van der Waals surface area contributed by atoms with Crippen molar-refractivity contribution in [1.29, 1.82) is 0 Å². The molecule has 0 spiro atoms. The molecule has 3 aromatic rings. The van der Waals surface area contributed by atoms with Crippen LogP contribution in [0.1, 0.15) is 22.8 Å². The largest absolute Gasteiger partial charge is 0.462 e. The van der Waals surface area contributed by atoms with Crippen LogP contribution >= 0.6 is 0 Å². The molecule has 0 saturated carbocycles. The van der Waals surface area contributed by atoms with E-state index in [4.69, 9.17) is 4.74 Å². The lowest BCUT2D eigenvalue weighted by Gasteiger charge is -2.09. The second kappa shape index (κ2) is 8.75. The van der Waals surface area contributed by atoms with E-state index in [9.17, 15) is 9.18 Å². The average Bonchev–Trinajstić information content (AvgIpc) is 2.69. The number of benzene rings is 2. The smallest absolute Gasteiger partial charge is 0.338 e. The summed E-state index contributed by atoms with van der Waals surface area (Å²) in [6.07, 6.45) is 1.45. The van der Waals surface area contributed by atoms with E-state index in [-0.39, 0.29) is 11.8 Å². The first kappa shape index (κ1) is 18.3. The Morgan fingerprint density at radius 1 is 1.04 bits per heavy atom. The van der Waals surface area contributed by atoms with Crippen molar-refractivity contribution >= 4 is 23.3 Å². The van der Waals surface area contributed by atoms with Gasteiger partial charge in [0.05, 0.1) is 12.2 Å². The van der Waals surface area contributed by atoms with Crippen molar-refractivity contribution in [2.75, 3.05) is 17.2 Å². The Bertz CT molecular complexity index is 899. The fourth-order valence-corrected chi connectivity index (χ4v) is 2.37. The maximum absolute atomic E-state index is 12.9. The van der Waals surface area contributed by atoms with Gasteiger partial charge in [0.25, 0.3) is 0 Å². The summed E-state index contributed by atoms with van der Waals surface area (Å²) < 4.78 is 17.9. The third kappa shape index (κ3) is 5.24. The van der Waals surface area contributed by atoms with Crippen LogP contribution in [0.4, 0.5) is 21.7 Å². The van der Waals surface area contributed by atoms with E-state index in [1.807, 2.05) is 0 Å². The molecule has 0 unspecified atom stereocenters. The standard InChI is InChI=1S/C20H19FN4O2/c1-2-27-20(26)15-5-9-17(10-6-15)25-19-11-18(23-13-24-19)22-12-14-3-7-16(21)8-4-14/h3-11,13H,2,12H2,1H3,(H2,22,23,24,25). The molecule has 0 saturated heterocycles. The van der Waals surface area contributed by atoms with Crippen LogP contribution in [0.2, 0.25) is 0 Å². The van der Waals surface area contributed by atoms with Crippen molar-refractivity contribution in [3.63, 3.8) is 0 Å². The van der Waals surface area contributed by atoms with Gasteiger partial charge in [0, 0.05) is 18.3 Å². The van der Waals surface area contributed by atoms with Gasteiger partial charge in [-0.3, -0.25) is 0 Å². The number of esters is 1. The first-order valence-corrected chi connectivity index (χ1v) is 8.48. The zero-order chi connectivity index (χ0) is 19.1. The molecule has 0 fully saturated rings. The number of nitrogens with one attached hydrogen (secondary N) is 2. The van der Waals surface area contributed by atoms with E-state index in [0.29, 0.717) is 30.4 Å². The van der Waals surface area contributed by atoms with Gasteiger partial charge in [-0.1, -0.05) is 12.1 Å². The van der Waals surface area contributed by atoms with E-state index < -0.39 is 0 Å². The van der Waals surface area contributed by atoms with Gasteiger partial charge in [-0.25, -0.2) is 19.2 Å². The summed E-state index contributed by atoms with van der Waals surface area (Å²) in [5.74, 6) is 0.634. The maximum atomic E-state index is 12.9. The molecule has 27 heavy (non-hydrogen) atoms. The van der Waals surface area contributed by atoms with E-state index in [0.717, 1.165) is 11.3 Å². The van der Waals surface area contributed by atoms with Gasteiger partial charge >= 0.3 is 5.97 Å². The number of carbonyl (C=O) groups excluding carboxylic acids is 1. The van der Waals surface area contributed by atoms with Crippen molar-refractivity contribution in [3.8, 4) is 0 Å². The van der Waals surface area contributed by atoms with E-state index in [2.05, 4.69) is 20.6 Å². The third-order valence-corrected chi connectivity index (χ3v) is 3.72. The minimum atomic E-state index is -0.349. The Labute approximate surface area is 156 Å². The Balaban J connectivity index is 1.61. The van der Waals surface area contributed by atoms with Crippen molar-refractivity contribution in [2.24, 2.45) is 0 Å². The number of carbonyl (C=O) groups is 1. The third-order valence-electron chi connectivity index (χ3n) is 3.72. The summed E-state index contributed by atoms with van der Waals surface area (Å²) in [4.78, 5) is 20.0. The lowest BCUT2D eigenvalue weighted by Crippen LogP contribution is -2.05. The molecule has 1 heterocycles.